The van der Waals surface area contributed by atoms with Gasteiger partial charge in [-0.2, -0.15) is 0 Å². The molecule has 1 amide bonds. The molecule has 0 atom stereocenters. The van der Waals surface area contributed by atoms with Gasteiger partial charge in [0.15, 0.2) is 0 Å². The molecule has 1 heterocycles. The van der Waals surface area contributed by atoms with Crippen LogP contribution in [0.4, 0.5) is 5.69 Å². The number of nitrogen functional groups attached to an aromatic ring is 1. The van der Waals surface area contributed by atoms with Crippen molar-refractivity contribution in [2.24, 2.45) is 0 Å². The second-order valence-electron chi connectivity index (χ2n) is 5.82. The third-order valence-electron chi connectivity index (χ3n) is 3.73. The Balaban J connectivity index is 2.56. The Morgan fingerprint density at radius 2 is 2.09 bits per heavy atom. The van der Waals surface area contributed by atoms with Gasteiger partial charge in [-0.1, -0.05) is 6.07 Å². The lowest BCUT2D eigenvalue weighted by molar-refractivity contribution is 0.0954. The summed E-state index contributed by atoms with van der Waals surface area (Å²) in [7, 11) is 4.03. The Labute approximate surface area is 135 Å². The van der Waals surface area contributed by atoms with E-state index < -0.39 is 0 Å². The predicted octanol–water partition coefficient (Wildman–Crippen LogP) is 1.29. The van der Waals surface area contributed by atoms with Crippen molar-refractivity contribution < 1.29 is 4.79 Å². The van der Waals surface area contributed by atoms with Crippen molar-refractivity contribution in [2.75, 3.05) is 32.9 Å². The Morgan fingerprint density at radius 1 is 1.35 bits per heavy atom. The van der Waals surface area contributed by atoms with E-state index in [0.717, 1.165) is 18.5 Å². The van der Waals surface area contributed by atoms with Crippen LogP contribution < -0.4 is 16.5 Å². The molecule has 1 aromatic carbocycles. The number of rotatable bonds is 6. The first-order valence-electron chi connectivity index (χ1n) is 7.80. The van der Waals surface area contributed by atoms with Crippen LogP contribution >= 0.6 is 0 Å². The van der Waals surface area contributed by atoms with E-state index in [-0.39, 0.29) is 16.9 Å². The number of hydrogen-bond acceptors (Lipinski definition) is 4. The quantitative estimate of drug-likeness (QED) is 0.787. The fraction of sp³-hybridized carbons (Fsp3) is 0.412. The van der Waals surface area contributed by atoms with E-state index in [2.05, 4.69) is 10.2 Å². The maximum absolute atomic E-state index is 12.6. The first-order valence-corrected chi connectivity index (χ1v) is 7.80. The van der Waals surface area contributed by atoms with Crippen molar-refractivity contribution in [3.8, 4) is 0 Å². The smallest absolute Gasteiger partial charge is 0.256 e. The molecule has 0 aliphatic rings. The van der Waals surface area contributed by atoms with Crippen LogP contribution in [0.15, 0.2) is 29.2 Å². The highest BCUT2D eigenvalue weighted by molar-refractivity contribution is 6.00. The van der Waals surface area contributed by atoms with Crippen molar-refractivity contribution in [3.63, 3.8) is 0 Å². The Kier molecular flexibility index (Phi) is 5.39. The molecule has 6 heteroatoms. The normalized spacial score (nSPS) is 11.1. The summed E-state index contributed by atoms with van der Waals surface area (Å²) in [5.41, 5.74) is 6.99. The minimum atomic E-state index is -0.357. The SMILES string of the molecule is CCNC(=O)c1cn(CCCN(C)C)c2cccc(N)c2c1=O. The van der Waals surface area contributed by atoms with Crippen molar-refractivity contribution in [3.05, 3.63) is 40.2 Å². The number of anilines is 1. The summed E-state index contributed by atoms with van der Waals surface area (Å²) in [6, 6.07) is 5.38. The highest BCUT2D eigenvalue weighted by Gasteiger charge is 2.16. The van der Waals surface area contributed by atoms with Gasteiger partial charge in [0.2, 0.25) is 5.43 Å². The van der Waals surface area contributed by atoms with E-state index in [0.29, 0.717) is 24.2 Å². The summed E-state index contributed by atoms with van der Waals surface area (Å²) in [5, 5.41) is 3.10. The number of amides is 1. The van der Waals surface area contributed by atoms with Crippen molar-refractivity contribution in [1.82, 2.24) is 14.8 Å². The zero-order valence-corrected chi connectivity index (χ0v) is 13.9. The van der Waals surface area contributed by atoms with Gasteiger partial charge in [-0.25, -0.2) is 0 Å². The first-order chi connectivity index (χ1) is 11.0. The number of carbonyl (C=O) groups excluding carboxylic acids is 1. The zero-order chi connectivity index (χ0) is 17.0. The van der Waals surface area contributed by atoms with E-state index in [1.54, 1.807) is 12.3 Å². The molecule has 0 bridgehead atoms. The highest BCUT2D eigenvalue weighted by Crippen LogP contribution is 2.18. The fourth-order valence-corrected chi connectivity index (χ4v) is 2.62. The molecule has 3 N–H and O–H groups in total. The van der Waals surface area contributed by atoms with Gasteiger partial charge in [0, 0.05) is 25.0 Å². The molecule has 1 aromatic heterocycles. The van der Waals surface area contributed by atoms with Gasteiger partial charge in [-0.3, -0.25) is 9.59 Å². The molecule has 2 aromatic rings. The van der Waals surface area contributed by atoms with Gasteiger partial charge in [-0.05, 0) is 46.1 Å². The third-order valence-corrected chi connectivity index (χ3v) is 3.73. The van der Waals surface area contributed by atoms with Crippen LogP contribution in [-0.4, -0.2) is 42.6 Å². The Hall–Kier alpha value is -2.34. The van der Waals surface area contributed by atoms with Crippen LogP contribution in [0.1, 0.15) is 23.7 Å². The molecule has 0 fully saturated rings. The van der Waals surface area contributed by atoms with E-state index in [1.807, 2.05) is 37.7 Å². The van der Waals surface area contributed by atoms with E-state index in [1.165, 1.54) is 0 Å². The van der Waals surface area contributed by atoms with Crippen LogP contribution in [0.25, 0.3) is 10.9 Å². The van der Waals surface area contributed by atoms with Gasteiger partial charge in [-0.15, -0.1) is 0 Å². The van der Waals surface area contributed by atoms with Gasteiger partial charge < -0.3 is 20.5 Å². The largest absolute Gasteiger partial charge is 0.398 e. The number of nitrogens with zero attached hydrogens (tertiary/aromatic N) is 2. The van der Waals surface area contributed by atoms with Crippen LogP contribution in [0.2, 0.25) is 0 Å². The van der Waals surface area contributed by atoms with Crippen LogP contribution in [0.3, 0.4) is 0 Å². The Morgan fingerprint density at radius 3 is 2.74 bits per heavy atom. The van der Waals surface area contributed by atoms with Crippen molar-refractivity contribution in [1.29, 1.82) is 0 Å². The number of carbonyl (C=O) groups is 1. The second-order valence-corrected chi connectivity index (χ2v) is 5.82. The maximum atomic E-state index is 12.6. The molecule has 0 radical (unpaired) electrons. The second kappa shape index (κ2) is 7.28. The summed E-state index contributed by atoms with van der Waals surface area (Å²) in [4.78, 5) is 26.9. The number of aryl methyl sites for hydroxylation is 1. The average Bonchev–Trinajstić information content (AvgIpc) is 2.49. The molecule has 0 saturated carbocycles. The molecule has 0 unspecified atom stereocenters. The Bertz CT molecular complexity index is 765. The fourth-order valence-electron chi connectivity index (χ4n) is 2.62. The number of nitrogens with two attached hydrogens (primary N) is 1. The van der Waals surface area contributed by atoms with Gasteiger partial charge in [0.25, 0.3) is 5.91 Å². The van der Waals surface area contributed by atoms with Gasteiger partial charge >= 0.3 is 0 Å². The molecule has 0 spiro atoms. The maximum Gasteiger partial charge on any atom is 0.256 e. The molecule has 23 heavy (non-hydrogen) atoms. The van der Waals surface area contributed by atoms with E-state index >= 15 is 0 Å². The van der Waals surface area contributed by atoms with Crippen LogP contribution in [-0.2, 0) is 6.54 Å². The molecule has 6 nitrogen and oxygen atoms in total. The summed E-state index contributed by atoms with van der Waals surface area (Å²) >= 11 is 0. The summed E-state index contributed by atoms with van der Waals surface area (Å²) in [6.07, 6.45) is 2.55. The zero-order valence-electron chi connectivity index (χ0n) is 13.9. The third kappa shape index (κ3) is 3.71. The molecule has 0 aliphatic heterocycles. The lowest BCUT2D eigenvalue weighted by atomic mass is 10.1. The number of aromatic nitrogens is 1. The standard InChI is InChI=1S/C17H24N4O2/c1-4-19-17(23)12-11-21(10-6-9-20(2)3)14-8-5-7-13(18)15(14)16(12)22/h5,7-8,11H,4,6,9-10,18H2,1-3H3,(H,19,23). The summed E-state index contributed by atoms with van der Waals surface area (Å²) in [5.74, 6) is -0.357. The number of fused-ring (bicyclic) bond motifs is 1. The van der Waals surface area contributed by atoms with E-state index in [9.17, 15) is 9.59 Å². The van der Waals surface area contributed by atoms with Crippen molar-refractivity contribution >= 4 is 22.5 Å². The predicted molar refractivity (Wildman–Crippen MR) is 93.8 cm³/mol. The van der Waals surface area contributed by atoms with Gasteiger partial charge in [0.1, 0.15) is 5.56 Å². The highest BCUT2D eigenvalue weighted by atomic mass is 16.2. The topological polar surface area (TPSA) is 80.4 Å². The molecule has 2 rings (SSSR count). The van der Waals surface area contributed by atoms with Crippen molar-refractivity contribution in [2.45, 2.75) is 19.9 Å². The first kappa shape index (κ1) is 17.0. The number of benzene rings is 1. The monoisotopic (exact) mass is 316 g/mol. The van der Waals surface area contributed by atoms with Crippen LogP contribution in [0, 0.1) is 0 Å². The minimum Gasteiger partial charge on any atom is -0.398 e. The molecular weight excluding hydrogens is 292 g/mol. The minimum absolute atomic E-state index is 0.141. The summed E-state index contributed by atoms with van der Waals surface area (Å²) in [6.45, 7) is 3.93. The molecule has 0 saturated heterocycles. The lowest BCUT2D eigenvalue weighted by Gasteiger charge is -2.16. The number of pyridine rings is 1. The molecule has 124 valence electrons. The van der Waals surface area contributed by atoms with E-state index in [4.69, 9.17) is 5.73 Å². The van der Waals surface area contributed by atoms with Crippen LogP contribution in [0.5, 0.6) is 0 Å². The number of nitrogens with one attached hydrogen (secondary N) is 1. The number of hydrogen-bond donors (Lipinski definition) is 2. The average molecular weight is 316 g/mol. The molecular formula is C17H24N4O2. The van der Waals surface area contributed by atoms with Gasteiger partial charge in [0.05, 0.1) is 10.9 Å². The molecule has 0 aliphatic carbocycles. The summed E-state index contributed by atoms with van der Waals surface area (Å²) < 4.78 is 1.95. The lowest BCUT2D eigenvalue weighted by Crippen LogP contribution is -2.30.